The molecule has 0 fully saturated rings. The summed E-state index contributed by atoms with van der Waals surface area (Å²) in [7, 11) is 0. The summed E-state index contributed by atoms with van der Waals surface area (Å²) in [5, 5.41) is 13.4. The molecule has 9 rings (SSSR count). The molecule has 0 aliphatic heterocycles. The molecule has 0 amide bonds. The Morgan fingerprint density at radius 3 is 1.16 bits per heavy atom. The van der Waals surface area contributed by atoms with Gasteiger partial charge in [0.05, 0.1) is 23.6 Å². The summed E-state index contributed by atoms with van der Waals surface area (Å²) in [6.07, 6.45) is 8.20. The van der Waals surface area contributed by atoms with E-state index in [-0.39, 0.29) is 20.4 Å². The maximum Gasteiger partial charge on any atom is 2.00 e. The second-order valence-corrected chi connectivity index (χ2v) is 15.8. The largest absolute Gasteiger partial charge is 2.00 e. The van der Waals surface area contributed by atoms with Crippen LogP contribution < -0.4 is 0 Å². The number of rotatable bonds is 8. The third kappa shape index (κ3) is 6.15. The fourth-order valence-corrected chi connectivity index (χ4v) is 8.15. The summed E-state index contributed by atoms with van der Waals surface area (Å²) in [5.74, 6) is 1.56. The van der Waals surface area contributed by atoms with E-state index in [0.29, 0.717) is 23.7 Å². The predicted molar refractivity (Wildman–Crippen MR) is 220 cm³/mol. The number of aromatic nitrogens is 4. The van der Waals surface area contributed by atoms with Crippen LogP contribution in [0, 0.1) is 12.1 Å². The van der Waals surface area contributed by atoms with Crippen LogP contribution in [-0.2, 0) is 20.4 Å². The molecule has 0 unspecified atom stereocenters. The van der Waals surface area contributed by atoms with E-state index in [4.69, 9.17) is 19.0 Å². The molecule has 5 aromatic carbocycles. The van der Waals surface area contributed by atoms with E-state index in [9.17, 15) is 0 Å². The Morgan fingerprint density at radius 1 is 0.473 bits per heavy atom. The van der Waals surface area contributed by atoms with Crippen molar-refractivity contribution in [1.29, 1.82) is 0 Å². The Kier molecular flexibility index (Phi) is 9.44. The molecule has 9 aromatic rings. The molecular formula is C48H44N4O2Pd. The Bertz CT molecular complexity index is 2620. The van der Waals surface area contributed by atoms with Gasteiger partial charge in [-0.15, -0.1) is 47.2 Å². The van der Waals surface area contributed by atoms with Gasteiger partial charge < -0.3 is 8.83 Å². The molecule has 55 heavy (non-hydrogen) atoms. The van der Waals surface area contributed by atoms with Crippen LogP contribution in [0.3, 0.4) is 0 Å². The number of furan rings is 2. The minimum absolute atomic E-state index is 0. The van der Waals surface area contributed by atoms with E-state index >= 15 is 0 Å². The van der Waals surface area contributed by atoms with Crippen molar-refractivity contribution in [1.82, 2.24) is 19.6 Å². The summed E-state index contributed by atoms with van der Waals surface area (Å²) in [6.45, 7) is 18.0. The Hall–Kier alpha value is -5.22. The fourth-order valence-electron chi connectivity index (χ4n) is 8.15. The maximum atomic E-state index is 6.42. The SMILES string of the molecule is CC(C)c1cccc(C(C)C)c1-c1cnn(-c2[c-]c3c(cc2)oc2ccc4oc5ccc(-n6cc(-c7c(C(C)C)cccc7C(C)C)cn6)[c-]c5c4c23)c1.[Pd+2]. The van der Waals surface area contributed by atoms with Gasteiger partial charge in [0.2, 0.25) is 0 Å². The zero-order valence-corrected chi connectivity index (χ0v) is 34.0. The molecule has 0 saturated carbocycles. The van der Waals surface area contributed by atoms with Crippen molar-refractivity contribution in [2.24, 2.45) is 0 Å². The first-order chi connectivity index (χ1) is 26.1. The quantitative estimate of drug-likeness (QED) is 0.113. The van der Waals surface area contributed by atoms with Crippen LogP contribution in [0.4, 0.5) is 0 Å². The second-order valence-electron chi connectivity index (χ2n) is 15.8. The molecule has 7 heteroatoms. The van der Waals surface area contributed by atoms with Crippen molar-refractivity contribution in [3.05, 3.63) is 132 Å². The maximum absolute atomic E-state index is 6.42. The molecule has 4 heterocycles. The standard InChI is InChI=1S/C48H44N4O2.Pd/c1-27(2)35-11-9-12-36(28(3)4)45(35)31-23-49-51(25-31)33-15-17-41-39(21-33)47-43(53-41)19-20-44-48(47)40-22-34(16-18-42(40)54-44)52-26-32(24-50-52)46-37(29(5)6)13-10-14-38(46)30(7)8;/h9-20,23-30H,1-8H3;/q-2;+2. The molecule has 4 aromatic heterocycles. The number of hydrogen-bond donors (Lipinski definition) is 0. The van der Waals surface area contributed by atoms with E-state index in [0.717, 1.165) is 66.4 Å². The van der Waals surface area contributed by atoms with Crippen LogP contribution in [0.25, 0.3) is 77.5 Å². The van der Waals surface area contributed by atoms with E-state index in [1.54, 1.807) is 0 Å². The van der Waals surface area contributed by atoms with Crippen LogP contribution in [0.15, 0.2) is 106 Å². The van der Waals surface area contributed by atoms with Crippen molar-refractivity contribution in [2.45, 2.75) is 79.1 Å². The van der Waals surface area contributed by atoms with E-state index in [1.165, 1.54) is 33.4 Å². The van der Waals surface area contributed by atoms with Gasteiger partial charge in [0.15, 0.2) is 0 Å². The first kappa shape index (κ1) is 36.7. The molecule has 0 N–H and O–H groups in total. The third-order valence-electron chi connectivity index (χ3n) is 10.8. The van der Waals surface area contributed by atoms with Crippen LogP contribution in [-0.4, -0.2) is 19.6 Å². The van der Waals surface area contributed by atoms with Crippen molar-refractivity contribution < 1.29 is 29.3 Å². The molecular weight excluding hydrogens is 771 g/mol. The first-order valence-electron chi connectivity index (χ1n) is 19.1. The average molecular weight is 815 g/mol. The third-order valence-corrected chi connectivity index (χ3v) is 10.8. The average Bonchev–Trinajstić information content (AvgIpc) is 3.98. The number of hydrogen-bond acceptors (Lipinski definition) is 4. The van der Waals surface area contributed by atoms with Crippen molar-refractivity contribution in [3.8, 4) is 33.6 Å². The smallest absolute Gasteiger partial charge is 0.511 e. The van der Waals surface area contributed by atoms with Gasteiger partial charge >= 0.3 is 20.4 Å². The van der Waals surface area contributed by atoms with Crippen LogP contribution in [0.5, 0.6) is 0 Å². The molecule has 0 saturated heterocycles. The summed E-state index contributed by atoms with van der Waals surface area (Å²) in [6, 6.07) is 32.7. The molecule has 0 spiro atoms. The van der Waals surface area contributed by atoms with Gasteiger partial charge in [-0.05, 0) is 80.6 Å². The van der Waals surface area contributed by atoms with Gasteiger partial charge in [0.1, 0.15) is 0 Å². The van der Waals surface area contributed by atoms with Crippen LogP contribution >= 0.6 is 0 Å². The summed E-state index contributed by atoms with van der Waals surface area (Å²) < 4.78 is 16.7. The van der Waals surface area contributed by atoms with Crippen molar-refractivity contribution in [2.75, 3.05) is 0 Å². The molecule has 6 nitrogen and oxygen atoms in total. The predicted octanol–water partition coefficient (Wildman–Crippen LogP) is 13.3. The van der Waals surface area contributed by atoms with Gasteiger partial charge in [-0.3, -0.25) is 9.36 Å². The Balaban J connectivity index is 0.00000427. The minimum atomic E-state index is 0. The monoisotopic (exact) mass is 814 g/mol. The molecule has 278 valence electrons. The zero-order chi connectivity index (χ0) is 37.4. The normalized spacial score (nSPS) is 12.1. The molecule has 0 aliphatic carbocycles. The van der Waals surface area contributed by atoms with Gasteiger partial charge in [-0.2, -0.15) is 10.2 Å². The van der Waals surface area contributed by atoms with Gasteiger partial charge in [0.25, 0.3) is 0 Å². The van der Waals surface area contributed by atoms with Gasteiger partial charge in [-0.25, -0.2) is 0 Å². The summed E-state index contributed by atoms with van der Waals surface area (Å²) >= 11 is 0. The zero-order valence-electron chi connectivity index (χ0n) is 32.5. The fraction of sp³-hybridized carbons (Fsp3) is 0.250. The van der Waals surface area contributed by atoms with E-state index < -0.39 is 0 Å². The molecule has 0 radical (unpaired) electrons. The van der Waals surface area contributed by atoms with Gasteiger partial charge in [0, 0.05) is 34.7 Å². The second kappa shape index (κ2) is 14.1. The molecule has 0 bridgehead atoms. The topological polar surface area (TPSA) is 61.9 Å². The molecule has 0 aliphatic rings. The van der Waals surface area contributed by atoms with Crippen molar-refractivity contribution in [3.63, 3.8) is 0 Å². The molecule has 0 atom stereocenters. The summed E-state index contributed by atoms with van der Waals surface area (Å²) in [5.41, 5.74) is 14.8. The van der Waals surface area contributed by atoms with Crippen molar-refractivity contribution >= 4 is 43.9 Å². The Morgan fingerprint density at radius 2 is 0.818 bits per heavy atom. The van der Waals surface area contributed by atoms with Crippen LogP contribution in [0.1, 0.15) is 101 Å². The number of nitrogens with zero attached hydrogens (tertiary/aromatic N) is 4. The summed E-state index contributed by atoms with van der Waals surface area (Å²) in [4.78, 5) is 0. The minimum Gasteiger partial charge on any atom is -0.511 e. The van der Waals surface area contributed by atoms with Crippen LogP contribution in [0.2, 0.25) is 0 Å². The number of fused-ring (bicyclic) bond motifs is 7. The number of benzene rings is 5. The Labute approximate surface area is 335 Å². The first-order valence-corrected chi connectivity index (χ1v) is 19.1. The van der Waals surface area contributed by atoms with E-state index in [1.807, 2.05) is 58.2 Å². The van der Waals surface area contributed by atoms with E-state index in [2.05, 4.69) is 116 Å². The van der Waals surface area contributed by atoms with Gasteiger partial charge in [-0.1, -0.05) is 103 Å².